The first-order valence-corrected chi connectivity index (χ1v) is 5.41. The van der Waals surface area contributed by atoms with Gasteiger partial charge >= 0.3 is 0 Å². The molecule has 0 bridgehead atoms. The minimum absolute atomic E-state index is 0.686. The van der Waals surface area contributed by atoms with Crippen molar-refractivity contribution in [1.82, 2.24) is 4.98 Å². The zero-order valence-electron chi connectivity index (χ0n) is 6.39. The first-order valence-electron chi connectivity index (χ1n) is 3.58. The van der Waals surface area contributed by atoms with E-state index in [4.69, 9.17) is 23.2 Å². The topological polar surface area (TPSA) is 12.9 Å². The van der Waals surface area contributed by atoms with E-state index >= 15 is 0 Å². The molecule has 0 radical (unpaired) electrons. The molecular formula is C9H4Cl2IN. The predicted octanol–water partition coefficient (Wildman–Crippen LogP) is 4.15. The molecule has 1 aromatic carbocycles. The normalized spacial score (nSPS) is 10.7. The molecule has 1 aromatic heterocycles. The number of fused-ring (bicyclic) bond motifs is 1. The van der Waals surface area contributed by atoms with Crippen LogP contribution < -0.4 is 0 Å². The van der Waals surface area contributed by atoms with Crippen LogP contribution in [0.25, 0.3) is 10.9 Å². The van der Waals surface area contributed by atoms with E-state index < -0.39 is 0 Å². The molecular weight excluding hydrogens is 320 g/mol. The Balaban J connectivity index is 2.94. The Morgan fingerprint density at radius 2 is 2.00 bits per heavy atom. The number of nitrogens with zero attached hydrogens (tertiary/aromatic N) is 1. The van der Waals surface area contributed by atoms with Crippen molar-refractivity contribution in [2.45, 2.75) is 0 Å². The molecule has 1 heterocycles. The van der Waals surface area contributed by atoms with Crippen LogP contribution in [0.1, 0.15) is 0 Å². The number of benzene rings is 1. The Labute approximate surface area is 99.2 Å². The molecule has 1 nitrogen and oxygen atoms in total. The summed E-state index contributed by atoms with van der Waals surface area (Å²) in [5, 5.41) is 2.28. The van der Waals surface area contributed by atoms with Gasteiger partial charge in [0, 0.05) is 20.2 Å². The third-order valence-electron chi connectivity index (χ3n) is 1.71. The molecule has 0 aliphatic rings. The summed E-state index contributed by atoms with van der Waals surface area (Å²) in [4.78, 5) is 4.23. The van der Waals surface area contributed by atoms with Crippen LogP contribution in [0.3, 0.4) is 0 Å². The summed E-state index contributed by atoms with van der Waals surface area (Å²) in [6.45, 7) is 0. The van der Waals surface area contributed by atoms with Crippen LogP contribution in [0.15, 0.2) is 24.4 Å². The van der Waals surface area contributed by atoms with E-state index in [0.717, 1.165) is 14.5 Å². The van der Waals surface area contributed by atoms with Crippen LogP contribution in [0.4, 0.5) is 0 Å². The highest BCUT2D eigenvalue weighted by Crippen LogP contribution is 2.28. The van der Waals surface area contributed by atoms with Crippen molar-refractivity contribution < 1.29 is 0 Å². The predicted molar refractivity (Wildman–Crippen MR) is 64.5 cm³/mol. The molecule has 0 spiro atoms. The average molecular weight is 324 g/mol. The van der Waals surface area contributed by atoms with Crippen molar-refractivity contribution >= 4 is 56.7 Å². The summed E-state index contributed by atoms with van der Waals surface area (Å²) in [7, 11) is 0. The molecule has 0 aliphatic carbocycles. The lowest BCUT2D eigenvalue weighted by Crippen LogP contribution is -1.83. The van der Waals surface area contributed by atoms with Crippen molar-refractivity contribution in [3.63, 3.8) is 0 Å². The highest BCUT2D eigenvalue weighted by atomic mass is 127. The fourth-order valence-corrected chi connectivity index (χ4v) is 2.51. The number of pyridine rings is 1. The van der Waals surface area contributed by atoms with Crippen molar-refractivity contribution in [3.8, 4) is 0 Å². The zero-order valence-corrected chi connectivity index (χ0v) is 10.1. The average Bonchev–Trinajstić information content (AvgIpc) is 2.07. The number of rotatable bonds is 0. The third-order valence-corrected chi connectivity index (χ3v) is 3.08. The first kappa shape index (κ1) is 9.49. The van der Waals surface area contributed by atoms with Gasteiger partial charge in [-0.1, -0.05) is 23.2 Å². The van der Waals surface area contributed by atoms with Crippen LogP contribution >= 0.6 is 45.8 Å². The smallest absolute Gasteiger partial charge is 0.0851 e. The van der Waals surface area contributed by atoms with Crippen LogP contribution in [-0.2, 0) is 0 Å². The molecule has 0 saturated heterocycles. The van der Waals surface area contributed by atoms with Gasteiger partial charge in [-0.3, -0.25) is 4.98 Å². The quantitative estimate of drug-likeness (QED) is 0.664. The summed E-state index contributed by atoms with van der Waals surface area (Å²) in [5.74, 6) is 0. The SMILES string of the molecule is Clc1cc(I)c2nccc(Cl)c2c1. The van der Waals surface area contributed by atoms with Gasteiger partial charge in [0.25, 0.3) is 0 Å². The van der Waals surface area contributed by atoms with E-state index in [-0.39, 0.29) is 0 Å². The minimum Gasteiger partial charge on any atom is -0.255 e. The van der Waals surface area contributed by atoms with Crippen molar-refractivity contribution in [3.05, 3.63) is 38.0 Å². The van der Waals surface area contributed by atoms with Crippen LogP contribution in [0.2, 0.25) is 10.0 Å². The highest BCUT2D eigenvalue weighted by Gasteiger charge is 2.04. The second kappa shape index (κ2) is 3.59. The number of hydrogen-bond acceptors (Lipinski definition) is 1. The van der Waals surface area contributed by atoms with Crippen molar-refractivity contribution in [2.75, 3.05) is 0 Å². The maximum Gasteiger partial charge on any atom is 0.0851 e. The monoisotopic (exact) mass is 323 g/mol. The number of aromatic nitrogens is 1. The van der Waals surface area contributed by atoms with Crippen LogP contribution in [-0.4, -0.2) is 4.98 Å². The van der Waals surface area contributed by atoms with E-state index in [0.29, 0.717) is 10.0 Å². The number of hydrogen-bond donors (Lipinski definition) is 0. The van der Waals surface area contributed by atoms with Gasteiger partial charge in [-0.25, -0.2) is 0 Å². The second-order valence-corrected chi connectivity index (χ2v) is 4.58. The van der Waals surface area contributed by atoms with E-state index in [1.54, 1.807) is 12.3 Å². The van der Waals surface area contributed by atoms with Gasteiger partial charge in [0.05, 0.1) is 10.5 Å². The van der Waals surface area contributed by atoms with Crippen LogP contribution in [0.5, 0.6) is 0 Å². The highest BCUT2D eigenvalue weighted by molar-refractivity contribution is 14.1. The van der Waals surface area contributed by atoms with E-state index in [1.807, 2.05) is 12.1 Å². The van der Waals surface area contributed by atoms with Crippen molar-refractivity contribution in [2.24, 2.45) is 0 Å². The van der Waals surface area contributed by atoms with Gasteiger partial charge in [0.1, 0.15) is 0 Å². The van der Waals surface area contributed by atoms with Gasteiger partial charge in [0.15, 0.2) is 0 Å². The Morgan fingerprint density at radius 1 is 1.23 bits per heavy atom. The summed E-state index contributed by atoms with van der Waals surface area (Å²) < 4.78 is 1.02. The summed E-state index contributed by atoms with van der Waals surface area (Å²) in [6, 6.07) is 5.46. The molecule has 0 unspecified atom stereocenters. The lowest BCUT2D eigenvalue weighted by molar-refractivity contribution is 1.40. The van der Waals surface area contributed by atoms with E-state index in [9.17, 15) is 0 Å². The third kappa shape index (κ3) is 1.75. The van der Waals surface area contributed by atoms with Gasteiger partial charge in [-0.2, -0.15) is 0 Å². The Bertz CT molecular complexity index is 470. The lowest BCUT2D eigenvalue weighted by atomic mass is 10.2. The Hall–Kier alpha value is -0.0600. The largest absolute Gasteiger partial charge is 0.255 e. The minimum atomic E-state index is 0.686. The lowest BCUT2D eigenvalue weighted by Gasteiger charge is -2.02. The van der Waals surface area contributed by atoms with Crippen molar-refractivity contribution in [1.29, 1.82) is 0 Å². The Morgan fingerprint density at radius 3 is 2.77 bits per heavy atom. The zero-order chi connectivity index (χ0) is 9.42. The van der Waals surface area contributed by atoms with E-state index in [1.165, 1.54) is 0 Å². The summed E-state index contributed by atoms with van der Waals surface area (Å²) in [5.41, 5.74) is 0.900. The van der Waals surface area contributed by atoms with Gasteiger partial charge in [-0.15, -0.1) is 0 Å². The summed E-state index contributed by atoms with van der Waals surface area (Å²) in [6.07, 6.45) is 1.70. The van der Waals surface area contributed by atoms with Gasteiger partial charge in [-0.05, 0) is 40.8 Å². The standard InChI is InChI=1S/C9H4Cl2IN/c10-5-3-6-7(11)1-2-13-9(6)8(12)4-5/h1-4H. The molecule has 66 valence electrons. The maximum absolute atomic E-state index is 6.00. The van der Waals surface area contributed by atoms with Crippen LogP contribution in [0, 0.1) is 3.57 Å². The van der Waals surface area contributed by atoms with Gasteiger partial charge < -0.3 is 0 Å². The van der Waals surface area contributed by atoms with Gasteiger partial charge in [0.2, 0.25) is 0 Å². The Kier molecular flexibility index (Phi) is 2.62. The molecule has 0 saturated carbocycles. The molecule has 0 N–H and O–H groups in total. The first-order chi connectivity index (χ1) is 6.18. The number of halogens is 3. The molecule has 0 fully saturated rings. The summed E-state index contributed by atoms with van der Waals surface area (Å²) >= 11 is 14.1. The fourth-order valence-electron chi connectivity index (χ4n) is 1.15. The fraction of sp³-hybridized carbons (Fsp3) is 0. The molecule has 0 atom stereocenters. The second-order valence-electron chi connectivity index (χ2n) is 2.58. The molecule has 0 aliphatic heterocycles. The molecule has 2 rings (SSSR count). The molecule has 2 aromatic rings. The van der Waals surface area contributed by atoms with E-state index in [2.05, 4.69) is 27.6 Å². The molecule has 4 heteroatoms. The molecule has 0 amide bonds. The molecule has 13 heavy (non-hydrogen) atoms. The maximum atomic E-state index is 6.00.